The number of sulfonamides is 1. The van der Waals surface area contributed by atoms with Crippen LogP contribution in [0, 0.1) is 11.7 Å². The molecule has 1 atom stereocenters. The van der Waals surface area contributed by atoms with Crippen molar-refractivity contribution in [3.05, 3.63) is 125 Å². The van der Waals surface area contributed by atoms with Gasteiger partial charge in [-0.3, -0.25) is 13.9 Å². The highest BCUT2D eigenvalue weighted by atomic mass is 35.5. The highest BCUT2D eigenvalue weighted by molar-refractivity contribution is 7.92. The second-order valence-corrected chi connectivity index (χ2v) is 13.7. The van der Waals surface area contributed by atoms with Gasteiger partial charge in [0, 0.05) is 24.5 Å². The van der Waals surface area contributed by atoms with Crippen LogP contribution >= 0.6 is 11.6 Å². The monoisotopic (exact) mass is 679 g/mol. The summed E-state index contributed by atoms with van der Waals surface area (Å²) >= 11 is 6.29. The Kier molecular flexibility index (Phi) is 12.4. The SMILES string of the molecule is CCOc1ccc(S(=O)(=O)N(CC(=O)N(Cc2cccc(Cl)c2)C(Cc2ccccc2)C(=O)NCC(C)C)c2ccc(F)cc2)cc1. The molecule has 1 N–H and O–H groups in total. The van der Waals surface area contributed by atoms with Crippen LogP contribution < -0.4 is 14.4 Å². The zero-order valence-corrected chi connectivity index (χ0v) is 28.2. The van der Waals surface area contributed by atoms with Crippen molar-refractivity contribution in [2.45, 2.75) is 44.7 Å². The number of hydrogen-bond donors (Lipinski definition) is 1. The van der Waals surface area contributed by atoms with E-state index in [1.165, 1.54) is 41.3 Å². The van der Waals surface area contributed by atoms with E-state index in [2.05, 4.69) is 5.32 Å². The number of amides is 2. The molecule has 0 saturated carbocycles. The summed E-state index contributed by atoms with van der Waals surface area (Å²) in [5.74, 6) is -0.933. The molecule has 0 fully saturated rings. The van der Waals surface area contributed by atoms with Crippen molar-refractivity contribution in [3.63, 3.8) is 0 Å². The van der Waals surface area contributed by atoms with E-state index in [0.717, 1.165) is 22.0 Å². The molecule has 0 aliphatic rings. The molecule has 0 bridgehead atoms. The first-order chi connectivity index (χ1) is 22.5. The van der Waals surface area contributed by atoms with Gasteiger partial charge in [0.1, 0.15) is 24.2 Å². The fraction of sp³-hybridized carbons (Fsp3) is 0.278. The van der Waals surface area contributed by atoms with Crippen LogP contribution in [0.1, 0.15) is 31.9 Å². The Balaban J connectivity index is 1.79. The Morgan fingerprint density at radius 2 is 1.55 bits per heavy atom. The van der Waals surface area contributed by atoms with E-state index in [1.807, 2.05) is 51.1 Å². The summed E-state index contributed by atoms with van der Waals surface area (Å²) in [5, 5.41) is 3.40. The molecule has 11 heteroatoms. The molecule has 2 amide bonds. The van der Waals surface area contributed by atoms with Crippen LogP contribution in [-0.4, -0.2) is 50.9 Å². The molecule has 0 spiro atoms. The van der Waals surface area contributed by atoms with Crippen LogP contribution in [0.15, 0.2) is 108 Å². The molecule has 0 heterocycles. The highest BCUT2D eigenvalue weighted by Gasteiger charge is 2.34. The van der Waals surface area contributed by atoms with Gasteiger partial charge >= 0.3 is 0 Å². The average molecular weight is 680 g/mol. The van der Waals surface area contributed by atoms with Gasteiger partial charge in [0.15, 0.2) is 0 Å². The third-order valence-electron chi connectivity index (χ3n) is 7.31. The minimum absolute atomic E-state index is 0.0215. The lowest BCUT2D eigenvalue weighted by atomic mass is 10.0. The second kappa shape index (κ2) is 16.4. The van der Waals surface area contributed by atoms with Gasteiger partial charge in [0.25, 0.3) is 10.0 Å². The number of nitrogens with zero attached hydrogens (tertiary/aromatic N) is 2. The van der Waals surface area contributed by atoms with Crippen LogP contribution in [0.25, 0.3) is 0 Å². The Labute approximate surface area is 281 Å². The lowest BCUT2D eigenvalue weighted by Crippen LogP contribution is -2.53. The summed E-state index contributed by atoms with van der Waals surface area (Å²) in [6, 6.07) is 25.9. The Morgan fingerprint density at radius 3 is 2.17 bits per heavy atom. The van der Waals surface area contributed by atoms with Gasteiger partial charge in [-0.25, -0.2) is 12.8 Å². The third-order valence-corrected chi connectivity index (χ3v) is 9.34. The third kappa shape index (κ3) is 9.79. The number of ether oxygens (including phenoxy) is 1. The lowest BCUT2D eigenvalue weighted by molar-refractivity contribution is -0.140. The standard InChI is InChI=1S/C36H39ClFN3O5S/c1-4-46-32-17-19-33(20-18-32)47(44,45)41(31-15-13-30(38)14-16-31)25-35(42)40(24-28-11-8-12-29(37)21-28)34(36(43)39-23-26(2)3)22-27-9-6-5-7-10-27/h5-21,26,34H,4,22-25H2,1-3H3,(H,39,43). The maximum Gasteiger partial charge on any atom is 0.264 e. The van der Waals surface area contributed by atoms with Crippen LogP contribution in [0.3, 0.4) is 0 Å². The number of carbonyl (C=O) groups excluding carboxylic acids is 2. The fourth-order valence-electron chi connectivity index (χ4n) is 4.95. The number of hydrogen-bond acceptors (Lipinski definition) is 5. The Morgan fingerprint density at radius 1 is 0.894 bits per heavy atom. The molecule has 1 unspecified atom stereocenters. The van der Waals surface area contributed by atoms with Crippen molar-refractivity contribution in [2.75, 3.05) is 24.0 Å². The molecule has 47 heavy (non-hydrogen) atoms. The van der Waals surface area contributed by atoms with Gasteiger partial charge in [0.2, 0.25) is 11.8 Å². The van der Waals surface area contributed by atoms with Gasteiger partial charge < -0.3 is 15.0 Å². The van der Waals surface area contributed by atoms with Gasteiger partial charge in [-0.05, 0) is 84.6 Å². The van der Waals surface area contributed by atoms with Crippen LogP contribution in [-0.2, 0) is 32.6 Å². The van der Waals surface area contributed by atoms with E-state index >= 15 is 0 Å². The highest BCUT2D eigenvalue weighted by Crippen LogP contribution is 2.27. The van der Waals surface area contributed by atoms with Crippen molar-refractivity contribution in [2.24, 2.45) is 5.92 Å². The van der Waals surface area contributed by atoms with Gasteiger partial charge in [-0.1, -0.05) is 67.9 Å². The quantitative estimate of drug-likeness (QED) is 0.155. The summed E-state index contributed by atoms with van der Waals surface area (Å²) in [4.78, 5) is 29.6. The van der Waals surface area contributed by atoms with E-state index in [4.69, 9.17) is 16.3 Å². The number of carbonyl (C=O) groups is 2. The van der Waals surface area contributed by atoms with Gasteiger partial charge in [-0.2, -0.15) is 0 Å². The van der Waals surface area contributed by atoms with Crippen LogP contribution in [0.5, 0.6) is 5.75 Å². The number of benzene rings is 4. The number of nitrogens with one attached hydrogen (secondary N) is 1. The van der Waals surface area contributed by atoms with Gasteiger partial charge in [0.05, 0.1) is 17.2 Å². The Hall–Kier alpha value is -4.41. The molecule has 4 rings (SSSR count). The van der Waals surface area contributed by atoms with Crippen molar-refractivity contribution >= 4 is 39.1 Å². The molecular weight excluding hydrogens is 641 g/mol. The summed E-state index contributed by atoms with van der Waals surface area (Å²) < 4.78 is 48.7. The average Bonchev–Trinajstić information content (AvgIpc) is 3.05. The predicted octanol–water partition coefficient (Wildman–Crippen LogP) is 6.49. The summed E-state index contributed by atoms with van der Waals surface area (Å²) in [6.45, 7) is 5.85. The zero-order valence-electron chi connectivity index (χ0n) is 26.6. The zero-order chi connectivity index (χ0) is 34.0. The summed E-state index contributed by atoms with van der Waals surface area (Å²) in [6.07, 6.45) is 0.180. The maximum atomic E-state index is 14.5. The minimum atomic E-state index is -4.35. The molecule has 4 aromatic carbocycles. The van der Waals surface area contributed by atoms with Crippen molar-refractivity contribution in [1.29, 1.82) is 0 Å². The molecule has 248 valence electrons. The topological polar surface area (TPSA) is 96.0 Å². The maximum absolute atomic E-state index is 14.5. The number of anilines is 1. The lowest BCUT2D eigenvalue weighted by Gasteiger charge is -2.34. The molecule has 0 aromatic heterocycles. The smallest absolute Gasteiger partial charge is 0.264 e. The first-order valence-corrected chi connectivity index (χ1v) is 17.2. The summed E-state index contributed by atoms with van der Waals surface area (Å²) in [7, 11) is -4.35. The Bertz CT molecular complexity index is 1740. The van der Waals surface area contributed by atoms with Gasteiger partial charge in [-0.15, -0.1) is 0 Å². The van der Waals surface area contributed by atoms with Crippen LogP contribution in [0.4, 0.5) is 10.1 Å². The van der Waals surface area contributed by atoms with Crippen molar-refractivity contribution in [3.8, 4) is 5.75 Å². The number of rotatable bonds is 15. The first-order valence-electron chi connectivity index (χ1n) is 15.3. The molecule has 0 aliphatic heterocycles. The fourth-order valence-corrected chi connectivity index (χ4v) is 6.57. The summed E-state index contributed by atoms with van der Waals surface area (Å²) in [5.41, 5.74) is 1.56. The minimum Gasteiger partial charge on any atom is -0.494 e. The van der Waals surface area contributed by atoms with Crippen molar-refractivity contribution in [1.82, 2.24) is 10.2 Å². The van der Waals surface area contributed by atoms with Crippen LogP contribution in [0.2, 0.25) is 5.02 Å². The van der Waals surface area contributed by atoms with Crippen molar-refractivity contribution < 1.29 is 27.1 Å². The van der Waals surface area contributed by atoms with E-state index < -0.39 is 34.3 Å². The molecule has 4 aromatic rings. The molecule has 0 saturated heterocycles. The normalized spacial score (nSPS) is 12.0. The molecule has 0 aliphatic carbocycles. The molecule has 0 radical (unpaired) electrons. The second-order valence-electron chi connectivity index (χ2n) is 11.4. The largest absolute Gasteiger partial charge is 0.494 e. The van der Waals surface area contributed by atoms with E-state index in [9.17, 15) is 22.4 Å². The number of halogens is 2. The molecular formula is C36H39ClFN3O5S. The van der Waals surface area contributed by atoms with E-state index in [-0.39, 0.29) is 35.4 Å². The van der Waals surface area contributed by atoms with E-state index in [1.54, 1.807) is 24.3 Å². The molecule has 8 nitrogen and oxygen atoms in total. The van der Waals surface area contributed by atoms with E-state index in [0.29, 0.717) is 29.5 Å². The predicted molar refractivity (Wildman–Crippen MR) is 182 cm³/mol. The first kappa shape index (κ1) is 35.4.